The zero-order valence-corrected chi connectivity index (χ0v) is 16.2. The van der Waals surface area contributed by atoms with Gasteiger partial charge in [-0.25, -0.2) is 4.39 Å². The average Bonchev–Trinajstić information content (AvgIpc) is 3.09. The summed E-state index contributed by atoms with van der Waals surface area (Å²) in [5, 5.41) is 0. The Morgan fingerprint density at radius 3 is 2.67 bits per heavy atom. The Labute approximate surface area is 160 Å². The minimum absolute atomic E-state index is 0.0268. The number of nitrogens with zero attached hydrogens (tertiary/aromatic N) is 2. The molecule has 1 atom stereocenters. The van der Waals surface area contributed by atoms with Crippen molar-refractivity contribution in [1.82, 2.24) is 4.90 Å². The summed E-state index contributed by atoms with van der Waals surface area (Å²) in [6, 6.07) is 6.82. The Morgan fingerprint density at radius 2 is 2.00 bits per heavy atom. The summed E-state index contributed by atoms with van der Waals surface area (Å²) in [5.74, 6) is -0.200. The summed E-state index contributed by atoms with van der Waals surface area (Å²) < 4.78 is 29.6. The molecule has 0 bridgehead atoms. The molecule has 1 amide bonds. The first-order valence-corrected chi connectivity index (χ1v) is 9.50. The number of methoxy groups -OCH3 is 1. The van der Waals surface area contributed by atoms with Crippen LogP contribution >= 0.6 is 0 Å². The van der Waals surface area contributed by atoms with Crippen molar-refractivity contribution in [2.75, 3.05) is 58.6 Å². The fourth-order valence-electron chi connectivity index (χ4n) is 3.86. The van der Waals surface area contributed by atoms with E-state index in [9.17, 15) is 9.18 Å². The monoisotopic (exact) mass is 380 g/mol. The van der Waals surface area contributed by atoms with Gasteiger partial charge in [0.25, 0.3) is 0 Å². The molecule has 1 aromatic carbocycles. The molecule has 0 aliphatic carbocycles. The number of piperidine rings is 1. The lowest BCUT2D eigenvalue weighted by molar-refractivity contribution is -0.141. The fourth-order valence-corrected chi connectivity index (χ4v) is 3.86. The number of benzene rings is 1. The maximum Gasteiger partial charge on any atom is 0.248 e. The van der Waals surface area contributed by atoms with E-state index in [0.717, 1.165) is 24.9 Å². The molecule has 3 rings (SSSR count). The normalized spacial score (nSPS) is 21.6. The van der Waals surface area contributed by atoms with Gasteiger partial charge in [-0.1, -0.05) is 0 Å². The van der Waals surface area contributed by atoms with Crippen LogP contribution in [0.3, 0.4) is 0 Å². The summed E-state index contributed by atoms with van der Waals surface area (Å²) in [6.07, 6.45) is 2.60. The van der Waals surface area contributed by atoms with Crippen molar-refractivity contribution in [2.45, 2.75) is 30.9 Å². The van der Waals surface area contributed by atoms with Crippen molar-refractivity contribution in [2.24, 2.45) is 0 Å². The van der Waals surface area contributed by atoms with Gasteiger partial charge in [0.15, 0.2) is 0 Å². The molecule has 2 fully saturated rings. The highest BCUT2D eigenvalue weighted by Crippen LogP contribution is 2.38. The number of hydrogen-bond acceptors (Lipinski definition) is 5. The lowest BCUT2D eigenvalue weighted by Gasteiger charge is -2.39. The Hall–Kier alpha value is -1.70. The molecular formula is C20H29FN2O4. The lowest BCUT2D eigenvalue weighted by atomic mass is 9.87. The van der Waals surface area contributed by atoms with Crippen LogP contribution in [0.15, 0.2) is 24.3 Å². The van der Waals surface area contributed by atoms with E-state index in [1.54, 1.807) is 19.2 Å². The number of ether oxygens (including phenoxy) is 3. The zero-order chi connectivity index (χ0) is 19.3. The molecule has 150 valence electrons. The van der Waals surface area contributed by atoms with E-state index in [4.69, 9.17) is 14.2 Å². The van der Waals surface area contributed by atoms with Crippen LogP contribution in [-0.4, -0.2) is 76.1 Å². The topological polar surface area (TPSA) is 51.2 Å². The summed E-state index contributed by atoms with van der Waals surface area (Å²) >= 11 is 0. The predicted octanol–water partition coefficient (Wildman–Crippen LogP) is 2.08. The van der Waals surface area contributed by atoms with E-state index in [-0.39, 0.29) is 30.0 Å². The third kappa shape index (κ3) is 4.97. The van der Waals surface area contributed by atoms with Gasteiger partial charge < -0.3 is 24.0 Å². The largest absolute Gasteiger partial charge is 0.382 e. The van der Waals surface area contributed by atoms with Crippen LogP contribution in [0.1, 0.15) is 19.3 Å². The van der Waals surface area contributed by atoms with Gasteiger partial charge in [0.1, 0.15) is 12.4 Å². The van der Waals surface area contributed by atoms with Crippen molar-refractivity contribution in [1.29, 1.82) is 0 Å². The van der Waals surface area contributed by atoms with Crippen LogP contribution in [0.2, 0.25) is 0 Å². The molecule has 2 aliphatic rings. The maximum absolute atomic E-state index is 13.1. The van der Waals surface area contributed by atoms with Crippen LogP contribution in [0.25, 0.3) is 0 Å². The molecule has 0 aromatic heterocycles. The number of likely N-dealkylation sites (N-methyl/N-ethyl adjacent to an activating group) is 1. The van der Waals surface area contributed by atoms with Gasteiger partial charge in [0, 0.05) is 32.9 Å². The number of carbonyl (C=O) groups excluding carboxylic acids is 1. The molecular weight excluding hydrogens is 351 g/mol. The van der Waals surface area contributed by atoms with Crippen LogP contribution < -0.4 is 4.90 Å². The van der Waals surface area contributed by atoms with Crippen molar-refractivity contribution in [3.05, 3.63) is 30.1 Å². The molecule has 27 heavy (non-hydrogen) atoms. The summed E-state index contributed by atoms with van der Waals surface area (Å²) in [5.41, 5.74) is 0.829. The van der Waals surface area contributed by atoms with Gasteiger partial charge in [-0.15, -0.1) is 0 Å². The Morgan fingerprint density at radius 1 is 1.30 bits per heavy atom. The number of amides is 1. The first-order valence-electron chi connectivity index (χ1n) is 9.50. The van der Waals surface area contributed by atoms with E-state index in [2.05, 4.69) is 4.90 Å². The second-order valence-electron chi connectivity index (χ2n) is 7.37. The van der Waals surface area contributed by atoms with Crippen molar-refractivity contribution < 1.29 is 23.4 Å². The summed E-state index contributed by atoms with van der Waals surface area (Å²) in [6.45, 7) is 3.07. The van der Waals surface area contributed by atoms with Gasteiger partial charge >= 0.3 is 0 Å². The highest BCUT2D eigenvalue weighted by Gasteiger charge is 2.44. The van der Waals surface area contributed by atoms with E-state index in [1.807, 2.05) is 11.9 Å². The smallest absolute Gasteiger partial charge is 0.248 e. The molecule has 0 radical (unpaired) electrons. The van der Waals surface area contributed by atoms with E-state index in [1.165, 1.54) is 12.1 Å². The number of likely N-dealkylation sites (tertiary alicyclic amines) is 1. The van der Waals surface area contributed by atoms with Crippen molar-refractivity contribution in [3.63, 3.8) is 0 Å². The highest BCUT2D eigenvalue weighted by molar-refractivity contribution is 5.77. The molecule has 1 aromatic rings. The zero-order valence-electron chi connectivity index (χ0n) is 16.2. The molecule has 0 unspecified atom stereocenters. The maximum atomic E-state index is 13.1. The van der Waals surface area contributed by atoms with E-state index in [0.29, 0.717) is 32.9 Å². The summed E-state index contributed by atoms with van der Waals surface area (Å²) in [4.78, 5) is 16.3. The average molecular weight is 380 g/mol. The molecule has 2 saturated heterocycles. The second-order valence-corrected chi connectivity index (χ2v) is 7.37. The molecule has 2 aliphatic heterocycles. The van der Waals surface area contributed by atoms with Crippen LogP contribution in [0.4, 0.5) is 10.1 Å². The van der Waals surface area contributed by atoms with E-state index >= 15 is 0 Å². The van der Waals surface area contributed by atoms with E-state index < -0.39 is 0 Å². The minimum Gasteiger partial charge on any atom is -0.382 e. The third-order valence-electron chi connectivity index (χ3n) is 5.66. The quantitative estimate of drug-likeness (QED) is 0.678. The molecule has 0 N–H and O–H groups in total. The van der Waals surface area contributed by atoms with Gasteiger partial charge in [-0.3, -0.25) is 4.79 Å². The van der Waals surface area contributed by atoms with Gasteiger partial charge in [-0.2, -0.15) is 0 Å². The van der Waals surface area contributed by atoms with Crippen LogP contribution in [0, 0.1) is 5.82 Å². The van der Waals surface area contributed by atoms with Crippen LogP contribution in [0.5, 0.6) is 0 Å². The van der Waals surface area contributed by atoms with Gasteiger partial charge in [0.2, 0.25) is 5.91 Å². The Kier molecular flexibility index (Phi) is 6.68. The number of halogens is 1. The second kappa shape index (κ2) is 8.99. The highest BCUT2D eigenvalue weighted by atomic mass is 19.1. The molecule has 0 saturated carbocycles. The molecule has 6 nitrogen and oxygen atoms in total. The van der Waals surface area contributed by atoms with Crippen LogP contribution in [-0.2, 0) is 19.0 Å². The van der Waals surface area contributed by atoms with Gasteiger partial charge in [-0.05, 0) is 43.5 Å². The standard InChI is InChI=1S/C20H29FN2O4/c1-22(17-5-3-16(21)4-6-17)18-13-20(27-14-18)7-9-23(10-8-20)19(24)15-26-12-11-25-2/h3-6,18H,7-15H2,1-2H3/t18-/m0/s1. The first-order chi connectivity index (χ1) is 13.0. The minimum atomic E-state index is -0.227. The SMILES string of the molecule is COCCOCC(=O)N1CCC2(CC1)C[C@H](N(C)c1ccc(F)cc1)CO2. The Bertz CT molecular complexity index is 617. The lowest BCUT2D eigenvalue weighted by Crippen LogP contribution is -2.48. The molecule has 1 spiro atoms. The predicted molar refractivity (Wildman–Crippen MR) is 100 cm³/mol. The summed E-state index contributed by atoms with van der Waals surface area (Å²) in [7, 11) is 3.63. The van der Waals surface area contributed by atoms with Crippen molar-refractivity contribution in [3.8, 4) is 0 Å². The van der Waals surface area contributed by atoms with Gasteiger partial charge in [0.05, 0.1) is 31.5 Å². The fraction of sp³-hybridized carbons (Fsp3) is 0.650. The number of anilines is 1. The first kappa shape index (κ1) is 20.0. The number of carbonyl (C=O) groups is 1. The number of hydrogen-bond donors (Lipinski definition) is 0. The molecule has 2 heterocycles. The number of rotatable bonds is 7. The Balaban J connectivity index is 1.47. The van der Waals surface area contributed by atoms with Crippen molar-refractivity contribution >= 4 is 11.6 Å². The third-order valence-corrected chi connectivity index (χ3v) is 5.66. The molecule has 7 heteroatoms.